The molecule has 0 atom stereocenters. The van der Waals surface area contributed by atoms with Gasteiger partial charge in [-0.05, 0) is 56.2 Å². The summed E-state index contributed by atoms with van der Waals surface area (Å²) in [4.78, 5) is 36.9. The molecule has 1 aliphatic rings. The standard InChI is InChI=1S/C24H27ClN2O8S/c1-4-35-21-6-5-19(14-20(21)25)36(31,32)27-9-7-15(8-10-27)22(28)26-18-12-16(23(29)33-2)11-17(13-18)24(30)34-3/h5-6,11-15H,4,7-10H2,1-3H3,(H,26,28). The zero-order valence-corrected chi connectivity index (χ0v) is 21.6. The van der Waals surface area contributed by atoms with Crippen molar-refractivity contribution >= 4 is 45.2 Å². The van der Waals surface area contributed by atoms with Crippen LogP contribution in [0.1, 0.15) is 40.5 Å². The van der Waals surface area contributed by atoms with Gasteiger partial charge in [-0.3, -0.25) is 4.79 Å². The normalized spacial score (nSPS) is 14.7. The lowest BCUT2D eigenvalue weighted by Gasteiger charge is -2.30. The number of hydrogen-bond acceptors (Lipinski definition) is 8. The second-order valence-corrected chi connectivity index (χ2v) is 10.3. The van der Waals surface area contributed by atoms with E-state index in [9.17, 15) is 22.8 Å². The van der Waals surface area contributed by atoms with Crippen molar-refractivity contribution in [2.75, 3.05) is 39.2 Å². The summed E-state index contributed by atoms with van der Waals surface area (Å²) in [6.07, 6.45) is 0.576. The Morgan fingerprint density at radius 1 is 1.00 bits per heavy atom. The summed E-state index contributed by atoms with van der Waals surface area (Å²) < 4.78 is 42.2. The number of benzene rings is 2. The summed E-state index contributed by atoms with van der Waals surface area (Å²) in [5, 5.41) is 2.91. The van der Waals surface area contributed by atoms with E-state index in [4.69, 9.17) is 25.8 Å². The number of hydrogen-bond donors (Lipinski definition) is 1. The summed E-state index contributed by atoms with van der Waals surface area (Å²) in [7, 11) is -1.40. The van der Waals surface area contributed by atoms with Gasteiger partial charge in [0.1, 0.15) is 5.75 Å². The topological polar surface area (TPSA) is 128 Å². The highest BCUT2D eigenvalue weighted by molar-refractivity contribution is 7.89. The van der Waals surface area contributed by atoms with E-state index in [0.29, 0.717) is 12.4 Å². The van der Waals surface area contributed by atoms with Gasteiger partial charge in [-0.2, -0.15) is 4.31 Å². The fourth-order valence-corrected chi connectivity index (χ4v) is 5.63. The number of piperidine rings is 1. The number of carbonyl (C=O) groups excluding carboxylic acids is 3. The minimum Gasteiger partial charge on any atom is -0.492 e. The highest BCUT2D eigenvalue weighted by Crippen LogP contribution is 2.31. The van der Waals surface area contributed by atoms with Gasteiger partial charge < -0.3 is 19.5 Å². The predicted molar refractivity (Wildman–Crippen MR) is 132 cm³/mol. The first-order chi connectivity index (χ1) is 17.1. The monoisotopic (exact) mass is 538 g/mol. The molecular formula is C24H27ClN2O8S. The average Bonchev–Trinajstić information content (AvgIpc) is 2.88. The maximum Gasteiger partial charge on any atom is 0.337 e. The Bertz CT molecular complexity index is 1220. The van der Waals surface area contributed by atoms with Crippen LogP contribution in [0.2, 0.25) is 5.02 Å². The predicted octanol–water partition coefficient (Wildman–Crippen LogP) is 3.35. The number of anilines is 1. The highest BCUT2D eigenvalue weighted by Gasteiger charge is 2.32. The highest BCUT2D eigenvalue weighted by atomic mass is 35.5. The van der Waals surface area contributed by atoms with Crippen molar-refractivity contribution < 1.29 is 37.0 Å². The lowest BCUT2D eigenvalue weighted by Crippen LogP contribution is -2.41. The van der Waals surface area contributed by atoms with E-state index < -0.39 is 27.9 Å². The first kappa shape index (κ1) is 27.4. The van der Waals surface area contributed by atoms with Gasteiger partial charge in [-0.25, -0.2) is 18.0 Å². The number of esters is 2. The van der Waals surface area contributed by atoms with Gasteiger partial charge in [0.2, 0.25) is 15.9 Å². The number of nitrogens with zero attached hydrogens (tertiary/aromatic N) is 1. The van der Waals surface area contributed by atoms with E-state index in [1.807, 2.05) is 0 Å². The van der Waals surface area contributed by atoms with Gasteiger partial charge >= 0.3 is 11.9 Å². The molecule has 0 spiro atoms. The number of nitrogens with one attached hydrogen (secondary N) is 1. The molecule has 2 aromatic rings. The minimum atomic E-state index is -3.80. The van der Waals surface area contributed by atoms with Gasteiger partial charge in [0.05, 0.1) is 41.9 Å². The van der Waals surface area contributed by atoms with Crippen LogP contribution in [0.4, 0.5) is 5.69 Å². The molecule has 12 heteroatoms. The molecule has 1 heterocycles. The van der Waals surface area contributed by atoms with Crippen molar-refractivity contribution in [2.45, 2.75) is 24.7 Å². The maximum absolute atomic E-state index is 13.1. The molecule has 3 rings (SSSR count). The van der Waals surface area contributed by atoms with Crippen LogP contribution < -0.4 is 10.1 Å². The quantitative estimate of drug-likeness (QED) is 0.507. The molecule has 1 saturated heterocycles. The van der Waals surface area contributed by atoms with Gasteiger partial charge in [-0.1, -0.05) is 11.6 Å². The number of ether oxygens (including phenoxy) is 3. The second kappa shape index (κ2) is 11.7. The van der Waals surface area contributed by atoms with Crippen LogP contribution in [0.25, 0.3) is 0 Å². The van der Waals surface area contributed by atoms with Crippen LogP contribution in [0.15, 0.2) is 41.3 Å². The maximum atomic E-state index is 13.1. The van der Waals surface area contributed by atoms with Gasteiger partial charge in [-0.15, -0.1) is 0 Å². The molecule has 1 amide bonds. The van der Waals surface area contributed by atoms with Crippen LogP contribution in [0.5, 0.6) is 5.75 Å². The second-order valence-electron chi connectivity index (χ2n) is 7.98. The zero-order valence-electron chi connectivity index (χ0n) is 20.1. The lowest BCUT2D eigenvalue weighted by molar-refractivity contribution is -0.120. The Labute approximate surface area is 214 Å². The molecule has 0 bridgehead atoms. The van der Waals surface area contributed by atoms with Crippen LogP contribution in [0, 0.1) is 5.92 Å². The Morgan fingerprint density at radius 3 is 2.08 bits per heavy atom. The average molecular weight is 539 g/mol. The molecule has 2 aromatic carbocycles. The van der Waals surface area contributed by atoms with Crippen molar-refractivity contribution in [1.29, 1.82) is 0 Å². The molecule has 10 nitrogen and oxygen atoms in total. The van der Waals surface area contributed by atoms with Crippen LogP contribution in [-0.2, 0) is 24.3 Å². The summed E-state index contributed by atoms with van der Waals surface area (Å²) in [5.74, 6) is -1.77. The first-order valence-corrected chi connectivity index (χ1v) is 13.0. The third-order valence-electron chi connectivity index (χ3n) is 5.71. The fraction of sp³-hybridized carbons (Fsp3) is 0.375. The zero-order chi connectivity index (χ0) is 26.5. The van der Waals surface area contributed by atoms with E-state index in [0.717, 1.165) is 0 Å². The van der Waals surface area contributed by atoms with Gasteiger partial charge in [0.25, 0.3) is 0 Å². The molecule has 0 aromatic heterocycles. The molecule has 194 valence electrons. The number of halogens is 1. The summed E-state index contributed by atoms with van der Waals surface area (Å²) in [6.45, 7) is 2.48. The smallest absolute Gasteiger partial charge is 0.337 e. The Kier molecular flexibility index (Phi) is 8.93. The fourth-order valence-electron chi connectivity index (χ4n) is 3.84. The summed E-state index contributed by atoms with van der Waals surface area (Å²) in [5.41, 5.74) is 0.374. The third-order valence-corrected chi connectivity index (χ3v) is 7.90. The SMILES string of the molecule is CCOc1ccc(S(=O)(=O)N2CCC(C(=O)Nc3cc(C(=O)OC)cc(C(=O)OC)c3)CC2)cc1Cl. The van der Waals surface area contributed by atoms with Gasteiger partial charge in [0, 0.05) is 24.7 Å². The molecule has 0 unspecified atom stereocenters. The van der Waals surface area contributed by atoms with Crippen LogP contribution >= 0.6 is 11.6 Å². The van der Waals surface area contributed by atoms with Crippen molar-refractivity contribution in [3.05, 3.63) is 52.5 Å². The number of amides is 1. The molecule has 0 saturated carbocycles. The largest absolute Gasteiger partial charge is 0.492 e. The van der Waals surface area contributed by atoms with Crippen molar-refractivity contribution in [1.82, 2.24) is 4.31 Å². The van der Waals surface area contributed by atoms with Crippen molar-refractivity contribution in [3.63, 3.8) is 0 Å². The van der Waals surface area contributed by atoms with E-state index in [1.165, 1.54) is 54.9 Å². The summed E-state index contributed by atoms with van der Waals surface area (Å²) >= 11 is 6.16. The lowest BCUT2D eigenvalue weighted by atomic mass is 9.97. The third kappa shape index (κ3) is 6.15. The Morgan fingerprint density at radius 2 is 1.58 bits per heavy atom. The van der Waals surface area contributed by atoms with E-state index in [2.05, 4.69) is 5.32 Å². The molecule has 1 fully saturated rings. The minimum absolute atomic E-state index is 0.0498. The number of carbonyl (C=O) groups is 3. The molecule has 1 N–H and O–H groups in total. The van der Waals surface area contributed by atoms with Crippen molar-refractivity contribution in [2.24, 2.45) is 5.92 Å². The molecular weight excluding hydrogens is 512 g/mol. The number of sulfonamides is 1. The summed E-state index contributed by atoms with van der Waals surface area (Å²) in [6, 6.07) is 8.41. The van der Waals surface area contributed by atoms with Gasteiger partial charge in [0.15, 0.2) is 0 Å². The Balaban J connectivity index is 1.69. The Hall–Kier alpha value is -3.15. The molecule has 36 heavy (non-hydrogen) atoms. The van der Waals surface area contributed by atoms with E-state index >= 15 is 0 Å². The number of methoxy groups -OCH3 is 2. The van der Waals surface area contributed by atoms with Crippen LogP contribution in [0.3, 0.4) is 0 Å². The molecule has 0 aliphatic carbocycles. The van der Waals surface area contributed by atoms with E-state index in [-0.39, 0.29) is 58.6 Å². The number of rotatable bonds is 8. The molecule has 1 aliphatic heterocycles. The van der Waals surface area contributed by atoms with Crippen molar-refractivity contribution in [3.8, 4) is 5.75 Å². The first-order valence-electron chi connectivity index (χ1n) is 11.2. The molecule has 0 radical (unpaired) electrons. The van der Waals surface area contributed by atoms with Crippen LogP contribution in [-0.4, -0.2) is 64.5 Å². The van der Waals surface area contributed by atoms with E-state index in [1.54, 1.807) is 6.92 Å².